The van der Waals surface area contributed by atoms with Crippen molar-refractivity contribution in [2.45, 2.75) is 19.8 Å². The molecule has 2 heterocycles. The van der Waals surface area contributed by atoms with E-state index >= 15 is 0 Å². The first-order valence-corrected chi connectivity index (χ1v) is 6.08. The fourth-order valence-electron chi connectivity index (χ4n) is 1.75. The van der Waals surface area contributed by atoms with E-state index in [9.17, 15) is 14.4 Å². The molecule has 10 heteroatoms. The lowest BCUT2D eigenvalue weighted by Gasteiger charge is -2.04. The Hall–Kier alpha value is -2.91. The highest BCUT2D eigenvalue weighted by Crippen LogP contribution is 2.06. The van der Waals surface area contributed by atoms with Gasteiger partial charge >= 0.3 is 11.7 Å². The molecule has 112 valence electrons. The van der Waals surface area contributed by atoms with Gasteiger partial charge in [-0.1, -0.05) is 0 Å². The fraction of sp³-hybridized carbons (Fsp3) is 0.364. The van der Waals surface area contributed by atoms with Crippen LogP contribution in [0.4, 0.5) is 5.95 Å². The number of amides is 1. The van der Waals surface area contributed by atoms with Crippen LogP contribution < -0.4 is 21.3 Å². The van der Waals surface area contributed by atoms with E-state index in [2.05, 4.69) is 30.5 Å². The van der Waals surface area contributed by atoms with Crippen LogP contribution in [0.1, 0.15) is 17.7 Å². The summed E-state index contributed by atoms with van der Waals surface area (Å²) in [5, 5.41) is 8.64. The summed E-state index contributed by atoms with van der Waals surface area (Å²) in [6, 6.07) is 0.109. The lowest BCUT2D eigenvalue weighted by atomic mass is 10.1. The molecular weight excluding hydrogens is 280 g/mol. The molecule has 1 amide bonds. The number of H-pyrrole nitrogens is 3. The molecule has 0 atom stereocenters. The van der Waals surface area contributed by atoms with Crippen molar-refractivity contribution in [1.29, 1.82) is 0 Å². The number of methoxy groups -OCH3 is 1. The Balaban J connectivity index is 1.98. The van der Waals surface area contributed by atoms with Crippen molar-refractivity contribution in [3.8, 4) is 6.01 Å². The largest absolute Gasteiger partial charge is 0.466 e. The van der Waals surface area contributed by atoms with Crippen LogP contribution >= 0.6 is 0 Å². The Kier molecular flexibility index (Phi) is 4.16. The van der Waals surface area contributed by atoms with Gasteiger partial charge in [-0.25, -0.2) is 9.89 Å². The maximum Gasteiger partial charge on any atom is 0.336 e. The summed E-state index contributed by atoms with van der Waals surface area (Å²) in [5.74, 6) is -0.192. The molecular formula is C11H14N6O4. The van der Waals surface area contributed by atoms with Gasteiger partial charge in [0, 0.05) is 17.7 Å². The first-order chi connectivity index (χ1) is 9.99. The normalized spacial score (nSPS) is 10.4. The van der Waals surface area contributed by atoms with Crippen molar-refractivity contribution in [3.63, 3.8) is 0 Å². The van der Waals surface area contributed by atoms with Crippen LogP contribution in [0, 0.1) is 6.92 Å². The summed E-state index contributed by atoms with van der Waals surface area (Å²) in [4.78, 5) is 42.9. The highest BCUT2D eigenvalue weighted by Gasteiger charge is 2.11. The molecule has 2 aromatic heterocycles. The van der Waals surface area contributed by atoms with E-state index in [4.69, 9.17) is 4.74 Å². The van der Waals surface area contributed by atoms with Gasteiger partial charge < -0.3 is 9.72 Å². The number of aromatic amines is 3. The van der Waals surface area contributed by atoms with Crippen molar-refractivity contribution < 1.29 is 9.53 Å². The summed E-state index contributed by atoms with van der Waals surface area (Å²) < 4.78 is 4.76. The van der Waals surface area contributed by atoms with Crippen molar-refractivity contribution in [2.24, 2.45) is 0 Å². The molecule has 0 aliphatic carbocycles. The zero-order valence-corrected chi connectivity index (χ0v) is 11.4. The molecule has 0 fully saturated rings. The third-order valence-electron chi connectivity index (χ3n) is 2.76. The second-order valence-electron chi connectivity index (χ2n) is 4.23. The van der Waals surface area contributed by atoms with E-state index in [1.54, 1.807) is 6.92 Å². The number of ether oxygens (including phenoxy) is 1. The predicted octanol–water partition coefficient (Wildman–Crippen LogP) is -0.930. The second kappa shape index (κ2) is 6.03. The van der Waals surface area contributed by atoms with E-state index in [0.717, 1.165) is 0 Å². The second-order valence-corrected chi connectivity index (χ2v) is 4.23. The van der Waals surface area contributed by atoms with Gasteiger partial charge in [0.15, 0.2) is 0 Å². The molecule has 2 aromatic rings. The minimum atomic E-state index is -0.570. The quantitative estimate of drug-likeness (QED) is 0.560. The zero-order chi connectivity index (χ0) is 15.4. The van der Waals surface area contributed by atoms with Crippen LogP contribution in [0.2, 0.25) is 0 Å². The minimum Gasteiger partial charge on any atom is -0.466 e. The van der Waals surface area contributed by atoms with E-state index in [0.29, 0.717) is 11.3 Å². The Morgan fingerprint density at radius 1 is 1.33 bits per heavy atom. The summed E-state index contributed by atoms with van der Waals surface area (Å²) >= 11 is 0. The topological polar surface area (TPSA) is 146 Å². The van der Waals surface area contributed by atoms with Crippen molar-refractivity contribution >= 4 is 11.9 Å². The molecule has 4 N–H and O–H groups in total. The first kappa shape index (κ1) is 14.5. The Morgan fingerprint density at radius 3 is 2.71 bits per heavy atom. The predicted molar refractivity (Wildman–Crippen MR) is 72.3 cm³/mol. The molecule has 0 aliphatic heterocycles. The number of nitrogens with one attached hydrogen (secondary N) is 4. The number of rotatable bonds is 5. The lowest BCUT2D eigenvalue weighted by molar-refractivity contribution is -0.116. The SMILES string of the molecule is COc1n[nH]c(NC(=O)CCc2c(C)[nH]c(=O)[nH]c2=O)n1. The molecule has 0 aliphatic rings. The molecule has 0 unspecified atom stereocenters. The third-order valence-corrected chi connectivity index (χ3v) is 2.76. The van der Waals surface area contributed by atoms with Gasteiger partial charge in [0.05, 0.1) is 7.11 Å². The van der Waals surface area contributed by atoms with Gasteiger partial charge in [-0.15, -0.1) is 5.10 Å². The smallest absolute Gasteiger partial charge is 0.336 e. The number of nitrogens with zero attached hydrogens (tertiary/aromatic N) is 2. The summed E-state index contributed by atoms with van der Waals surface area (Å²) in [7, 11) is 1.40. The van der Waals surface area contributed by atoms with Gasteiger partial charge in [-0.05, 0) is 13.3 Å². The standard InChI is InChI=1S/C11H14N6O4/c1-5-6(8(19)14-10(20)12-5)3-4-7(18)13-9-15-11(21-2)17-16-9/h3-4H2,1-2H3,(H2,12,14,19,20)(H2,13,15,16,17,18). The molecule has 0 radical (unpaired) electrons. The van der Waals surface area contributed by atoms with Gasteiger partial charge in [0.25, 0.3) is 5.56 Å². The first-order valence-electron chi connectivity index (χ1n) is 6.08. The average molecular weight is 294 g/mol. The average Bonchev–Trinajstić information content (AvgIpc) is 2.85. The van der Waals surface area contributed by atoms with Crippen LogP contribution in [-0.4, -0.2) is 38.2 Å². The number of aromatic nitrogens is 5. The van der Waals surface area contributed by atoms with Crippen LogP contribution in [0.25, 0.3) is 0 Å². The van der Waals surface area contributed by atoms with Crippen LogP contribution in [0.15, 0.2) is 9.59 Å². The molecule has 21 heavy (non-hydrogen) atoms. The number of aryl methyl sites for hydroxylation is 1. The molecule has 0 saturated carbocycles. The van der Waals surface area contributed by atoms with Crippen molar-refractivity contribution in [1.82, 2.24) is 25.1 Å². The van der Waals surface area contributed by atoms with Gasteiger partial charge in [0.1, 0.15) is 0 Å². The summed E-state index contributed by atoms with van der Waals surface area (Å²) in [6.45, 7) is 1.60. The van der Waals surface area contributed by atoms with Gasteiger partial charge in [-0.2, -0.15) is 4.98 Å². The summed E-state index contributed by atoms with van der Waals surface area (Å²) in [6.07, 6.45) is 0.244. The maximum absolute atomic E-state index is 11.7. The van der Waals surface area contributed by atoms with Gasteiger partial charge in [-0.3, -0.25) is 19.9 Å². The Morgan fingerprint density at radius 2 is 2.10 bits per heavy atom. The van der Waals surface area contributed by atoms with Gasteiger partial charge in [0.2, 0.25) is 11.9 Å². The van der Waals surface area contributed by atoms with Crippen LogP contribution in [0.3, 0.4) is 0 Å². The third kappa shape index (κ3) is 3.55. The molecule has 0 aromatic carbocycles. The van der Waals surface area contributed by atoms with E-state index in [-0.39, 0.29) is 30.7 Å². The fourth-order valence-corrected chi connectivity index (χ4v) is 1.75. The highest BCUT2D eigenvalue weighted by molar-refractivity contribution is 5.89. The number of carbonyl (C=O) groups is 1. The summed E-state index contributed by atoms with van der Waals surface area (Å²) in [5.41, 5.74) is -0.261. The van der Waals surface area contributed by atoms with E-state index in [1.165, 1.54) is 7.11 Å². The zero-order valence-electron chi connectivity index (χ0n) is 11.4. The van der Waals surface area contributed by atoms with Crippen LogP contribution in [-0.2, 0) is 11.2 Å². The molecule has 2 rings (SSSR count). The van der Waals surface area contributed by atoms with Crippen molar-refractivity contribution in [3.05, 3.63) is 32.1 Å². The molecule has 0 saturated heterocycles. The lowest BCUT2D eigenvalue weighted by Crippen LogP contribution is -2.27. The maximum atomic E-state index is 11.7. The molecule has 0 spiro atoms. The Bertz CT molecular complexity index is 759. The van der Waals surface area contributed by atoms with Crippen molar-refractivity contribution in [2.75, 3.05) is 12.4 Å². The number of hydrogen-bond acceptors (Lipinski definition) is 6. The van der Waals surface area contributed by atoms with E-state index in [1.807, 2.05) is 0 Å². The minimum absolute atomic E-state index is 0.0545. The molecule has 0 bridgehead atoms. The number of carbonyl (C=O) groups excluding carboxylic acids is 1. The van der Waals surface area contributed by atoms with E-state index < -0.39 is 11.2 Å². The monoisotopic (exact) mass is 294 g/mol. The highest BCUT2D eigenvalue weighted by atomic mass is 16.5. The number of anilines is 1. The molecule has 10 nitrogen and oxygen atoms in total. The van der Waals surface area contributed by atoms with Crippen LogP contribution in [0.5, 0.6) is 6.01 Å². The number of hydrogen-bond donors (Lipinski definition) is 4. The Labute approximate surface area is 118 Å².